The summed E-state index contributed by atoms with van der Waals surface area (Å²) in [7, 11) is 0. The van der Waals surface area contributed by atoms with Crippen LogP contribution in [0.25, 0.3) is 0 Å². The van der Waals surface area contributed by atoms with Crippen LogP contribution in [0.5, 0.6) is 0 Å². The molecule has 14 heavy (non-hydrogen) atoms. The van der Waals surface area contributed by atoms with Gasteiger partial charge in [0, 0.05) is 17.2 Å². The van der Waals surface area contributed by atoms with E-state index in [0.717, 1.165) is 10.6 Å². The summed E-state index contributed by atoms with van der Waals surface area (Å²) in [6.07, 6.45) is 2.01. The van der Waals surface area contributed by atoms with E-state index in [9.17, 15) is 4.79 Å². The molecule has 0 aliphatic rings. The van der Waals surface area contributed by atoms with Crippen molar-refractivity contribution in [2.24, 2.45) is 5.73 Å². The Morgan fingerprint density at radius 1 is 1.79 bits per heavy atom. The van der Waals surface area contributed by atoms with E-state index >= 15 is 0 Å². The fourth-order valence-electron chi connectivity index (χ4n) is 0.984. The third-order valence-electron chi connectivity index (χ3n) is 1.74. The van der Waals surface area contributed by atoms with Crippen molar-refractivity contribution in [3.63, 3.8) is 0 Å². The van der Waals surface area contributed by atoms with Crippen LogP contribution in [0.1, 0.15) is 10.9 Å². The molecule has 0 aromatic carbocycles. The summed E-state index contributed by atoms with van der Waals surface area (Å²) < 4.78 is 0. The van der Waals surface area contributed by atoms with Crippen LogP contribution in [-0.2, 0) is 4.79 Å². The van der Waals surface area contributed by atoms with Crippen molar-refractivity contribution in [2.75, 3.05) is 18.6 Å². The Labute approximate surface area is 92.1 Å². The largest absolute Gasteiger partial charge is 0.354 e. The second-order valence-corrected chi connectivity index (χ2v) is 4.74. The minimum Gasteiger partial charge on any atom is -0.354 e. The second-order valence-electron chi connectivity index (χ2n) is 2.78. The third-order valence-corrected chi connectivity index (χ3v) is 3.31. The fraction of sp³-hybridized carbons (Fsp3) is 0.444. The number of nitrogens with one attached hydrogen (secondary N) is 1. The maximum absolute atomic E-state index is 11.5. The quantitative estimate of drug-likeness (QED) is 0.748. The third kappa shape index (κ3) is 3.32. The van der Waals surface area contributed by atoms with Crippen LogP contribution in [-0.4, -0.2) is 24.5 Å². The molecule has 1 unspecified atom stereocenters. The maximum Gasteiger partial charge on any atom is 0.242 e. The molecular formula is C9H14N2OS2. The summed E-state index contributed by atoms with van der Waals surface area (Å²) in [5, 5.41) is 4.71. The highest BCUT2D eigenvalue weighted by atomic mass is 32.2. The lowest BCUT2D eigenvalue weighted by Crippen LogP contribution is -2.34. The summed E-state index contributed by atoms with van der Waals surface area (Å²) in [6.45, 7) is 0.680. The zero-order valence-electron chi connectivity index (χ0n) is 8.03. The first-order chi connectivity index (χ1) is 6.75. The van der Waals surface area contributed by atoms with Gasteiger partial charge < -0.3 is 11.1 Å². The zero-order chi connectivity index (χ0) is 10.4. The van der Waals surface area contributed by atoms with Crippen LogP contribution in [0, 0.1) is 0 Å². The van der Waals surface area contributed by atoms with Crippen molar-refractivity contribution in [1.29, 1.82) is 0 Å². The van der Waals surface area contributed by atoms with Crippen molar-refractivity contribution < 1.29 is 4.79 Å². The standard InChI is InChI=1S/C9H14N2OS2/c1-13-6-4-11-9(12)8(10)7-3-2-5-14-7/h2-3,5,8H,4,6,10H2,1H3,(H,11,12). The van der Waals surface area contributed by atoms with Crippen molar-refractivity contribution in [3.05, 3.63) is 22.4 Å². The summed E-state index contributed by atoms with van der Waals surface area (Å²) in [5.74, 6) is 0.824. The molecule has 78 valence electrons. The number of carbonyl (C=O) groups excluding carboxylic acids is 1. The van der Waals surface area contributed by atoms with Crippen LogP contribution in [0.3, 0.4) is 0 Å². The number of rotatable bonds is 5. The molecular weight excluding hydrogens is 216 g/mol. The molecule has 0 aliphatic carbocycles. The molecule has 0 aliphatic heterocycles. The van der Waals surface area contributed by atoms with E-state index in [1.54, 1.807) is 11.8 Å². The minimum atomic E-state index is -0.517. The molecule has 0 radical (unpaired) electrons. The summed E-state index contributed by atoms with van der Waals surface area (Å²) >= 11 is 3.21. The lowest BCUT2D eigenvalue weighted by molar-refractivity contribution is -0.122. The lowest BCUT2D eigenvalue weighted by atomic mass is 10.2. The molecule has 0 saturated heterocycles. The first-order valence-corrected chi connectivity index (χ1v) is 6.58. The van der Waals surface area contributed by atoms with E-state index in [0.29, 0.717) is 6.54 Å². The molecule has 1 rings (SSSR count). The molecule has 0 bridgehead atoms. The fourth-order valence-corrected chi connectivity index (χ4v) is 2.01. The highest BCUT2D eigenvalue weighted by Crippen LogP contribution is 2.16. The second kappa shape index (κ2) is 6.06. The van der Waals surface area contributed by atoms with Gasteiger partial charge in [-0.1, -0.05) is 6.07 Å². The molecule has 1 amide bonds. The molecule has 1 heterocycles. The number of thioether (sulfide) groups is 1. The summed E-state index contributed by atoms with van der Waals surface area (Å²) in [6, 6.07) is 3.26. The number of carbonyl (C=O) groups is 1. The lowest BCUT2D eigenvalue weighted by Gasteiger charge is -2.09. The van der Waals surface area contributed by atoms with Crippen molar-refractivity contribution in [3.8, 4) is 0 Å². The van der Waals surface area contributed by atoms with Crippen LogP contribution in [0.15, 0.2) is 17.5 Å². The van der Waals surface area contributed by atoms with E-state index in [-0.39, 0.29) is 5.91 Å². The van der Waals surface area contributed by atoms with Crippen LogP contribution < -0.4 is 11.1 Å². The number of hydrogen-bond donors (Lipinski definition) is 2. The molecule has 3 nitrogen and oxygen atoms in total. The highest BCUT2D eigenvalue weighted by Gasteiger charge is 2.15. The van der Waals surface area contributed by atoms with Gasteiger partial charge in [0.2, 0.25) is 5.91 Å². The molecule has 1 atom stereocenters. The van der Waals surface area contributed by atoms with Crippen LogP contribution >= 0.6 is 23.1 Å². The zero-order valence-corrected chi connectivity index (χ0v) is 9.66. The number of amides is 1. The number of thiophene rings is 1. The Bertz CT molecular complexity index is 274. The molecule has 5 heteroatoms. The maximum atomic E-state index is 11.5. The van der Waals surface area contributed by atoms with E-state index < -0.39 is 6.04 Å². The molecule has 3 N–H and O–H groups in total. The number of nitrogens with two attached hydrogens (primary N) is 1. The summed E-state index contributed by atoms with van der Waals surface area (Å²) in [5.41, 5.74) is 5.76. The van der Waals surface area contributed by atoms with Gasteiger partial charge in [-0.2, -0.15) is 11.8 Å². The van der Waals surface area contributed by atoms with Gasteiger partial charge in [-0.3, -0.25) is 4.79 Å². The van der Waals surface area contributed by atoms with Crippen LogP contribution in [0.2, 0.25) is 0 Å². The first kappa shape index (κ1) is 11.6. The van der Waals surface area contributed by atoms with Crippen molar-refractivity contribution in [2.45, 2.75) is 6.04 Å². The van der Waals surface area contributed by atoms with Crippen molar-refractivity contribution in [1.82, 2.24) is 5.32 Å². The smallest absolute Gasteiger partial charge is 0.242 e. The van der Waals surface area contributed by atoms with Gasteiger partial charge in [-0.25, -0.2) is 0 Å². The van der Waals surface area contributed by atoms with Crippen molar-refractivity contribution >= 4 is 29.0 Å². The van der Waals surface area contributed by atoms with Gasteiger partial charge in [0.05, 0.1) is 0 Å². The molecule has 0 fully saturated rings. The van der Waals surface area contributed by atoms with E-state index in [2.05, 4.69) is 5.32 Å². The minimum absolute atomic E-state index is 0.0958. The SMILES string of the molecule is CSCCNC(=O)C(N)c1cccs1. The molecule has 0 saturated carbocycles. The summed E-state index contributed by atoms with van der Waals surface area (Å²) in [4.78, 5) is 12.4. The Morgan fingerprint density at radius 2 is 2.57 bits per heavy atom. The highest BCUT2D eigenvalue weighted by molar-refractivity contribution is 7.98. The average molecular weight is 230 g/mol. The van der Waals surface area contributed by atoms with Gasteiger partial charge in [0.15, 0.2) is 0 Å². The average Bonchev–Trinajstić information content (AvgIpc) is 2.69. The Balaban J connectivity index is 2.37. The Kier molecular flexibility index (Phi) is 5.00. The van der Waals surface area contributed by atoms with Gasteiger partial charge >= 0.3 is 0 Å². The molecule has 1 aromatic rings. The Morgan fingerprint density at radius 3 is 3.14 bits per heavy atom. The predicted octanol–water partition coefficient (Wildman–Crippen LogP) is 1.23. The van der Waals surface area contributed by atoms with Gasteiger partial charge in [0.1, 0.15) is 6.04 Å². The van der Waals surface area contributed by atoms with Gasteiger partial charge in [0.25, 0.3) is 0 Å². The monoisotopic (exact) mass is 230 g/mol. The molecule has 1 aromatic heterocycles. The van der Waals surface area contributed by atoms with E-state index in [1.165, 1.54) is 11.3 Å². The first-order valence-electron chi connectivity index (χ1n) is 4.31. The predicted molar refractivity (Wildman–Crippen MR) is 62.6 cm³/mol. The molecule has 0 spiro atoms. The van der Waals surface area contributed by atoms with Gasteiger partial charge in [-0.05, 0) is 17.7 Å². The van der Waals surface area contributed by atoms with E-state index in [4.69, 9.17) is 5.73 Å². The normalized spacial score (nSPS) is 12.4. The topological polar surface area (TPSA) is 55.1 Å². The number of hydrogen-bond acceptors (Lipinski definition) is 4. The Hall–Kier alpha value is -0.520. The van der Waals surface area contributed by atoms with Crippen LogP contribution in [0.4, 0.5) is 0 Å². The van der Waals surface area contributed by atoms with Gasteiger partial charge in [-0.15, -0.1) is 11.3 Å². The van der Waals surface area contributed by atoms with E-state index in [1.807, 2.05) is 23.8 Å².